The van der Waals surface area contributed by atoms with Crippen molar-refractivity contribution in [2.24, 2.45) is 0 Å². The Hall–Kier alpha value is -2.24. The van der Waals surface area contributed by atoms with Crippen LogP contribution in [0.4, 0.5) is 4.39 Å². The summed E-state index contributed by atoms with van der Waals surface area (Å²) in [6.07, 6.45) is 6.71. The fraction of sp³-hybridized carbons (Fsp3) is 0.346. The number of allylic oxidation sites excluding steroid dienone is 1. The summed E-state index contributed by atoms with van der Waals surface area (Å²) >= 11 is 3.79. The molecule has 0 radical (unpaired) electrons. The van der Waals surface area contributed by atoms with Crippen LogP contribution in [0.2, 0.25) is 0 Å². The molecule has 0 spiro atoms. The lowest BCUT2D eigenvalue weighted by molar-refractivity contribution is 0.0696. The summed E-state index contributed by atoms with van der Waals surface area (Å²) in [4.78, 5) is 13.7. The van der Waals surface area contributed by atoms with Crippen molar-refractivity contribution in [2.75, 3.05) is 26.3 Å². The number of carbonyl (C=O) groups is 1. The number of carboxylic acid groups (broad SMARTS) is 1. The molecule has 0 atom stereocenters. The average Bonchev–Trinajstić information content (AvgIpc) is 3.14. The first-order valence-corrected chi connectivity index (χ1v) is 11.7. The largest absolute Gasteiger partial charge is 0.478 e. The molecule has 5 heteroatoms. The Balaban J connectivity index is 1.58. The molecule has 2 aromatic carbocycles. The van der Waals surface area contributed by atoms with Crippen LogP contribution in [0.1, 0.15) is 58.3 Å². The van der Waals surface area contributed by atoms with Gasteiger partial charge in [0, 0.05) is 24.1 Å². The number of nitrogens with zero attached hydrogens (tertiary/aromatic N) is 1. The minimum absolute atomic E-state index is 0.247. The fourth-order valence-electron chi connectivity index (χ4n) is 4.52. The van der Waals surface area contributed by atoms with E-state index >= 15 is 0 Å². The molecule has 1 fully saturated rings. The number of halogens is 2. The van der Waals surface area contributed by atoms with Crippen LogP contribution in [0, 0.1) is 0 Å². The molecule has 1 heterocycles. The highest BCUT2D eigenvalue weighted by Gasteiger charge is 2.20. The molecule has 162 valence electrons. The van der Waals surface area contributed by atoms with Gasteiger partial charge in [0.05, 0.1) is 12.2 Å². The van der Waals surface area contributed by atoms with Crippen LogP contribution in [0.25, 0.3) is 11.6 Å². The van der Waals surface area contributed by atoms with E-state index in [1.165, 1.54) is 15.6 Å². The third-order valence-electron chi connectivity index (χ3n) is 6.09. The van der Waals surface area contributed by atoms with E-state index in [2.05, 4.69) is 51.2 Å². The Morgan fingerprint density at radius 1 is 1.13 bits per heavy atom. The average molecular weight is 484 g/mol. The number of fused-ring (bicyclic) bond motifs is 1. The Morgan fingerprint density at radius 2 is 1.94 bits per heavy atom. The molecule has 0 saturated carbocycles. The zero-order chi connectivity index (χ0) is 21.8. The summed E-state index contributed by atoms with van der Waals surface area (Å²) in [5.41, 5.74) is 7.41. The quantitative estimate of drug-likeness (QED) is 0.522. The molecule has 1 saturated heterocycles. The van der Waals surface area contributed by atoms with Gasteiger partial charge in [0.2, 0.25) is 0 Å². The van der Waals surface area contributed by atoms with Crippen molar-refractivity contribution < 1.29 is 14.3 Å². The van der Waals surface area contributed by atoms with Gasteiger partial charge in [-0.1, -0.05) is 57.9 Å². The first-order chi connectivity index (χ1) is 15.0. The van der Waals surface area contributed by atoms with Crippen molar-refractivity contribution in [3.8, 4) is 0 Å². The first-order valence-electron chi connectivity index (χ1n) is 10.9. The van der Waals surface area contributed by atoms with Crippen molar-refractivity contribution >= 4 is 33.5 Å². The first kappa shape index (κ1) is 22.0. The normalized spacial score (nSPS) is 18.3. The molecule has 31 heavy (non-hydrogen) atoms. The van der Waals surface area contributed by atoms with Crippen molar-refractivity contribution in [1.29, 1.82) is 0 Å². The molecule has 0 unspecified atom stereocenters. The molecule has 1 N–H and O–H groups in total. The number of aromatic carboxylic acids is 1. The number of hydrogen-bond donors (Lipinski definition) is 1. The SMILES string of the molecule is O=C(O)c1ccc2c(c1)CCCC(Br)=C2c1ccc(/C=C2/CCN(CCCF)C2)cc1. The highest BCUT2D eigenvalue weighted by molar-refractivity contribution is 9.11. The van der Waals surface area contributed by atoms with Gasteiger partial charge in [0.1, 0.15) is 0 Å². The van der Waals surface area contributed by atoms with Gasteiger partial charge in [-0.05, 0) is 72.1 Å². The maximum absolute atomic E-state index is 12.4. The highest BCUT2D eigenvalue weighted by atomic mass is 79.9. The molecule has 2 aliphatic rings. The fourth-order valence-corrected chi connectivity index (χ4v) is 5.24. The lowest BCUT2D eigenvalue weighted by atomic mass is 9.92. The monoisotopic (exact) mass is 483 g/mol. The van der Waals surface area contributed by atoms with Crippen molar-refractivity contribution in [1.82, 2.24) is 4.90 Å². The van der Waals surface area contributed by atoms with Crippen molar-refractivity contribution in [3.63, 3.8) is 0 Å². The Kier molecular flexibility index (Phi) is 7.03. The Morgan fingerprint density at radius 3 is 2.68 bits per heavy atom. The van der Waals surface area contributed by atoms with Crippen molar-refractivity contribution in [3.05, 3.63) is 80.3 Å². The summed E-state index contributed by atoms with van der Waals surface area (Å²) < 4.78 is 13.6. The Bertz CT molecular complexity index is 1030. The predicted molar refractivity (Wildman–Crippen MR) is 127 cm³/mol. The van der Waals surface area contributed by atoms with E-state index in [-0.39, 0.29) is 6.67 Å². The lowest BCUT2D eigenvalue weighted by Crippen LogP contribution is -2.20. The smallest absolute Gasteiger partial charge is 0.335 e. The third-order valence-corrected chi connectivity index (χ3v) is 6.88. The van der Waals surface area contributed by atoms with Gasteiger partial charge in [0.25, 0.3) is 0 Å². The lowest BCUT2D eigenvalue weighted by Gasteiger charge is -2.14. The van der Waals surface area contributed by atoms with Gasteiger partial charge >= 0.3 is 5.97 Å². The van der Waals surface area contributed by atoms with Gasteiger partial charge in [-0.25, -0.2) is 4.79 Å². The second-order valence-electron chi connectivity index (χ2n) is 8.30. The van der Waals surface area contributed by atoms with Gasteiger partial charge in [-0.15, -0.1) is 0 Å². The van der Waals surface area contributed by atoms with Gasteiger partial charge in [-0.3, -0.25) is 9.29 Å². The number of likely N-dealkylation sites (tertiary alicyclic amines) is 1. The van der Waals surface area contributed by atoms with E-state index < -0.39 is 5.97 Å². The van der Waals surface area contributed by atoms with Gasteiger partial charge in [0.15, 0.2) is 0 Å². The van der Waals surface area contributed by atoms with E-state index in [1.807, 2.05) is 12.1 Å². The van der Waals surface area contributed by atoms with Crippen molar-refractivity contribution in [2.45, 2.75) is 32.1 Å². The summed E-state index contributed by atoms with van der Waals surface area (Å²) in [5.74, 6) is -0.885. The van der Waals surface area contributed by atoms with Crippen LogP contribution in [0.3, 0.4) is 0 Å². The standard InChI is InChI=1S/C26H27BrFNO2/c27-24-4-1-3-21-16-22(26(30)31)9-10-23(21)25(24)20-7-5-18(6-8-20)15-19-11-14-29(17-19)13-2-12-28/h5-10,15-16H,1-4,11-14,17H2,(H,30,31)/b19-15-. The number of aryl methyl sites for hydroxylation is 1. The third kappa shape index (κ3) is 5.16. The summed E-state index contributed by atoms with van der Waals surface area (Å²) in [6.45, 7) is 2.53. The number of rotatable bonds is 6. The van der Waals surface area contributed by atoms with Gasteiger partial charge in [-0.2, -0.15) is 0 Å². The topological polar surface area (TPSA) is 40.5 Å². The second kappa shape index (κ2) is 9.92. The van der Waals surface area contributed by atoms with E-state index in [1.54, 1.807) is 6.07 Å². The number of carboxylic acids is 1. The molecular formula is C26H27BrFNO2. The maximum atomic E-state index is 12.4. The van der Waals surface area contributed by atoms with Gasteiger partial charge < -0.3 is 5.11 Å². The molecule has 0 bridgehead atoms. The predicted octanol–water partition coefficient (Wildman–Crippen LogP) is 6.32. The molecular weight excluding hydrogens is 457 g/mol. The summed E-state index contributed by atoms with van der Waals surface area (Å²) in [6, 6.07) is 14.1. The molecule has 0 amide bonds. The minimum atomic E-state index is -0.885. The van der Waals surface area contributed by atoms with Crippen LogP contribution in [0.5, 0.6) is 0 Å². The van der Waals surface area contributed by atoms with E-state index in [0.29, 0.717) is 12.0 Å². The zero-order valence-corrected chi connectivity index (χ0v) is 19.1. The van der Waals surface area contributed by atoms with E-state index in [0.717, 1.165) is 67.6 Å². The molecule has 3 nitrogen and oxygen atoms in total. The summed E-state index contributed by atoms with van der Waals surface area (Å²) in [7, 11) is 0. The van der Waals surface area contributed by atoms with Crippen LogP contribution < -0.4 is 0 Å². The molecule has 0 aromatic heterocycles. The van der Waals surface area contributed by atoms with E-state index in [4.69, 9.17) is 0 Å². The maximum Gasteiger partial charge on any atom is 0.335 e. The second-order valence-corrected chi connectivity index (χ2v) is 9.26. The number of benzene rings is 2. The minimum Gasteiger partial charge on any atom is -0.478 e. The molecule has 4 rings (SSSR count). The summed E-state index contributed by atoms with van der Waals surface area (Å²) in [5, 5.41) is 9.35. The highest BCUT2D eigenvalue weighted by Crippen LogP contribution is 2.38. The number of alkyl halides is 1. The molecule has 2 aromatic rings. The van der Waals surface area contributed by atoms with Crippen LogP contribution in [-0.4, -0.2) is 42.3 Å². The number of hydrogen-bond acceptors (Lipinski definition) is 2. The molecule has 1 aliphatic heterocycles. The van der Waals surface area contributed by atoms with E-state index in [9.17, 15) is 14.3 Å². The molecule has 1 aliphatic carbocycles. The van der Waals surface area contributed by atoms with Crippen LogP contribution >= 0.6 is 15.9 Å². The Labute approximate surface area is 191 Å². The zero-order valence-electron chi connectivity index (χ0n) is 17.5. The van der Waals surface area contributed by atoms with Crippen LogP contribution in [-0.2, 0) is 6.42 Å². The van der Waals surface area contributed by atoms with Crippen LogP contribution in [0.15, 0.2) is 52.5 Å².